The summed E-state index contributed by atoms with van der Waals surface area (Å²) in [5.41, 5.74) is 7.28. The van der Waals surface area contributed by atoms with Crippen molar-refractivity contribution in [3.63, 3.8) is 0 Å². The van der Waals surface area contributed by atoms with Crippen LogP contribution < -0.4 is 0 Å². The third-order valence-corrected chi connectivity index (χ3v) is 8.13. The summed E-state index contributed by atoms with van der Waals surface area (Å²) in [4.78, 5) is 25.1. The summed E-state index contributed by atoms with van der Waals surface area (Å²) in [6.45, 7) is 3.16. The molecule has 0 saturated carbocycles. The molecule has 7 rings (SSSR count). The summed E-state index contributed by atoms with van der Waals surface area (Å²) in [5.74, 6) is -0.559. The maximum absolute atomic E-state index is 12.6. The van der Waals surface area contributed by atoms with Crippen molar-refractivity contribution in [2.24, 2.45) is 0 Å². The highest BCUT2D eigenvalue weighted by Gasteiger charge is 2.33. The highest BCUT2D eigenvalue weighted by atomic mass is 16.6. The van der Waals surface area contributed by atoms with Crippen LogP contribution in [0.5, 0.6) is 0 Å². The van der Waals surface area contributed by atoms with Crippen molar-refractivity contribution < 1.29 is 19.1 Å². The molecule has 0 spiro atoms. The van der Waals surface area contributed by atoms with Gasteiger partial charge in [0.15, 0.2) is 12.2 Å². The lowest BCUT2D eigenvalue weighted by Gasteiger charge is -2.12. The quantitative estimate of drug-likeness (QED) is 0.163. The largest absolute Gasteiger partial charge is 0.449 e. The second-order valence-electron chi connectivity index (χ2n) is 10.5. The second-order valence-corrected chi connectivity index (χ2v) is 10.5. The van der Waals surface area contributed by atoms with Crippen LogP contribution in [0.25, 0.3) is 21.8 Å². The average Bonchev–Trinajstić information content (AvgIpc) is 3.60. The monoisotopic (exact) mass is 515 g/mol. The van der Waals surface area contributed by atoms with Crippen molar-refractivity contribution >= 4 is 33.7 Å². The smallest absolute Gasteiger partial charge is 0.339 e. The number of hydrogen-bond acceptors (Lipinski definition) is 4. The van der Waals surface area contributed by atoms with E-state index in [0.29, 0.717) is 11.1 Å². The van der Waals surface area contributed by atoms with E-state index in [1.807, 2.05) is 48.5 Å². The van der Waals surface area contributed by atoms with E-state index in [0.717, 1.165) is 57.0 Å². The molecule has 5 aromatic rings. The molecular formula is C34H29NO4. The molecule has 0 amide bonds. The van der Waals surface area contributed by atoms with Gasteiger partial charge in [0, 0.05) is 39.5 Å². The normalized spacial score (nSPS) is 17.9. The van der Waals surface area contributed by atoms with Crippen molar-refractivity contribution in [2.45, 2.75) is 51.4 Å². The average molecular weight is 516 g/mol. The maximum Gasteiger partial charge on any atom is 0.339 e. The van der Waals surface area contributed by atoms with Gasteiger partial charge in [-0.25, -0.2) is 9.59 Å². The van der Waals surface area contributed by atoms with Crippen LogP contribution >= 0.6 is 0 Å². The predicted octanol–water partition coefficient (Wildman–Crippen LogP) is 7.89. The van der Waals surface area contributed by atoms with Gasteiger partial charge in [0.05, 0.1) is 11.1 Å². The maximum atomic E-state index is 12.6. The number of benzene rings is 4. The molecule has 39 heavy (non-hydrogen) atoms. The minimum Gasteiger partial charge on any atom is -0.449 e. The van der Waals surface area contributed by atoms with Crippen LogP contribution in [0.3, 0.4) is 0 Å². The summed E-state index contributed by atoms with van der Waals surface area (Å²) in [7, 11) is 0. The fraction of sp³-hybridized carbons (Fsp3) is 0.235. The first-order valence-corrected chi connectivity index (χ1v) is 13.8. The summed E-state index contributed by atoms with van der Waals surface area (Å²) in [6, 6.07) is 28.0. The van der Waals surface area contributed by atoms with Gasteiger partial charge >= 0.3 is 11.9 Å². The zero-order valence-electron chi connectivity index (χ0n) is 21.9. The number of hydrogen-bond donors (Lipinski definition) is 0. The van der Waals surface area contributed by atoms with Gasteiger partial charge in [-0.15, -0.1) is 0 Å². The summed E-state index contributed by atoms with van der Waals surface area (Å²) >= 11 is 0. The highest BCUT2D eigenvalue weighted by Crippen LogP contribution is 2.41. The number of unbranched alkanes of at least 4 members (excludes halogenated alkanes) is 3. The first-order chi connectivity index (χ1) is 19.1. The molecule has 2 aliphatic rings. The SMILES string of the molecule is CCCCCCn1c2ccc(C3OC(=O)c4ccccc43)cc2c2cc(C3OC(=O)c4ccccc43)ccc21. The predicted molar refractivity (Wildman–Crippen MR) is 151 cm³/mol. The molecule has 4 aromatic carbocycles. The van der Waals surface area contributed by atoms with Crippen molar-refractivity contribution in [2.75, 3.05) is 0 Å². The van der Waals surface area contributed by atoms with Gasteiger partial charge in [-0.3, -0.25) is 0 Å². The zero-order chi connectivity index (χ0) is 26.5. The van der Waals surface area contributed by atoms with E-state index in [2.05, 4.69) is 47.9 Å². The number of aryl methyl sites for hydroxylation is 1. The number of carbonyl (C=O) groups excluding carboxylic acids is 2. The van der Waals surface area contributed by atoms with E-state index < -0.39 is 12.2 Å². The lowest BCUT2D eigenvalue weighted by molar-refractivity contribution is 0.0446. The van der Waals surface area contributed by atoms with Gasteiger partial charge in [-0.2, -0.15) is 0 Å². The van der Waals surface area contributed by atoms with Crippen LogP contribution in [0.1, 0.15) is 87.8 Å². The molecule has 0 N–H and O–H groups in total. The Bertz CT molecular complexity index is 1640. The first-order valence-electron chi connectivity index (χ1n) is 13.8. The Morgan fingerprint density at radius 3 is 1.67 bits per heavy atom. The number of fused-ring (bicyclic) bond motifs is 5. The van der Waals surface area contributed by atoms with Crippen LogP contribution in [0.4, 0.5) is 0 Å². The minimum atomic E-state index is -0.424. The van der Waals surface area contributed by atoms with E-state index in [9.17, 15) is 9.59 Å². The topological polar surface area (TPSA) is 57.5 Å². The first kappa shape index (κ1) is 23.7. The summed E-state index contributed by atoms with van der Waals surface area (Å²) in [6.07, 6.45) is 3.88. The van der Waals surface area contributed by atoms with Crippen LogP contribution in [0.2, 0.25) is 0 Å². The molecule has 0 saturated heterocycles. The highest BCUT2D eigenvalue weighted by molar-refractivity contribution is 6.09. The molecule has 0 bridgehead atoms. The molecule has 2 aliphatic heterocycles. The molecular weight excluding hydrogens is 486 g/mol. The van der Waals surface area contributed by atoms with Gasteiger partial charge in [0.1, 0.15) is 0 Å². The number of rotatable bonds is 7. The van der Waals surface area contributed by atoms with Crippen LogP contribution in [0.15, 0.2) is 84.9 Å². The Hall–Kier alpha value is -4.38. The second kappa shape index (κ2) is 9.42. The molecule has 0 aliphatic carbocycles. The number of carbonyl (C=O) groups is 2. The van der Waals surface area contributed by atoms with E-state index in [1.165, 1.54) is 19.3 Å². The Balaban J connectivity index is 1.37. The Morgan fingerprint density at radius 1 is 0.641 bits per heavy atom. The fourth-order valence-corrected chi connectivity index (χ4v) is 6.19. The van der Waals surface area contributed by atoms with Crippen LogP contribution in [0, 0.1) is 0 Å². The number of nitrogens with zero attached hydrogens (tertiary/aromatic N) is 1. The van der Waals surface area contributed by atoms with E-state index >= 15 is 0 Å². The number of cyclic esters (lactones) is 2. The van der Waals surface area contributed by atoms with Gasteiger partial charge in [-0.1, -0.05) is 74.7 Å². The molecule has 2 atom stereocenters. The number of ether oxygens (including phenoxy) is 2. The fourth-order valence-electron chi connectivity index (χ4n) is 6.19. The van der Waals surface area contributed by atoms with Crippen molar-refractivity contribution in [1.29, 1.82) is 0 Å². The van der Waals surface area contributed by atoms with Gasteiger partial charge in [0.25, 0.3) is 0 Å². The molecule has 5 heteroatoms. The molecule has 2 unspecified atom stereocenters. The zero-order valence-corrected chi connectivity index (χ0v) is 21.9. The molecule has 194 valence electrons. The standard InChI is InChI=1S/C34H29NO4/c1-2-3-4-9-18-35-29-16-14-21(31-23-10-5-7-12-25(23)33(36)38-31)19-27(29)28-20-22(15-17-30(28)35)32-24-11-6-8-13-26(24)34(37)39-32/h5-8,10-17,19-20,31-32H,2-4,9,18H2,1H3. The molecule has 3 heterocycles. The Kier molecular flexibility index (Phi) is 5.73. The van der Waals surface area contributed by atoms with Crippen LogP contribution in [-0.2, 0) is 16.0 Å². The van der Waals surface area contributed by atoms with Crippen molar-refractivity contribution in [3.8, 4) is 0 Å². The minimum absolute atomic E-state index is 0.280. The molecule has 1 aromatic heterocycles. The third kappa shape index (κ3) is 3.84. The Labute approximate surface area is 227 Å². The molecule has 5 nitrogen and oxygen atoms in total. The lowest BCUT2D eigenvalue weighted by Crippen LogP contribution is -2.01. The van der Waals surface area contributed by atoms with E-state index in [4.69, 9.17) is 9.47 Å². The lowest BCUT2D eigenvalue weighted by atomic mass is 9.96. The van der Waals surface area contributed by atoms with Gasteiger partial charge in [-0.05, 0) is 53.9 Å². The summed E-state index contributed by atoms with van der Waals surface area (Å²) in [5, 5.41) is 2.22. The van der Waals surface area contributed by atoms with E-state index in [-0.39, 0.29) is 11.9 Å². The Morgan fingerprint density at radius 2 is 1.15 bits per heavy atom. The van der Waals surface area contributed by atoms with Gasteiger partial charge < -0.3 is 14.0 Å². The van der Waals surface area contributed by atoms with E-state index in [1.54, 1.807) is 0 Å². The van der Waals surface area contributed by atoms with Gasteiger partial charge in [0.2, 0.25) is 0 Å². The third-order valence-electron chi connectivity index (χ3n) is 8.13. The summed E-state index contributed by atoms with van der Waals surface area (Å²) < 4.78 is 14.1. The van der Waals surface area contributed by atoms with Crippen LogP contribution in [-0.4, -0.2) is 16.5 Å². The van der Waals surface area contributed by atoms with Crippen molar-refractivity contribution in [3.05, 3.63) is 118 Å². The molecule has 0 fully saturated rings. The molecule has 0 radical (unpaired) electrons. The van der Waals surface area contributed by atoms with Crippen molar-refractivity contribution in [1.82, 2.24) is 4.57 Å². The number of esters is 2. The number of aromatic nitrogens is 1.